The number of rotatable bonds is 5. The molecule has 0 radical (unpaired) electrons. The van der Waals surface area contributed by atoms with Crippen LogP contribution in [0.4, 0.5) is 4.39 Å². The average molecular weight is 251 g/mol. The van der Waals surface area contributed by atoms with Gasteiger partial charge >= 0.3 is 0 Å². The molecule has 17 heavy (non-hydrogen) atoms. The predicted octanol–water partition coefficient (Wildman–Crippen LogP) is 1.90. The van der Waals surface area contributed by atoms with Gasteiger partial charge in [-0.25, -0.2) is 9.37 Å². The first-order valence-corrected chi connectivity index (χ1v) is 6.25. The Balaban J connectivity index is 2.00. The van der Waals surface area contributed by atoms with E-state index in [9.17, 15) is 4.39 Å². The summed E-state index contributed by atoms with van der Waals surface area (Å²) in [6.07, 6.45) is 3.22. The molecule has 1 aromatic carbocycles. The van der Waals surface area contributed by atoms with Crippen LogP contribution in [-0.2, 0) is 12.8 Å². The number of nitrogens with one attached hydrogen (secondary N) is 1. The van der Waals surface area contributed by atoms with Gasteiger partial charge in [-0.15, -0.1) is 11.3 Å². The molecule has 1 heterocycles. The Morgan fingerprint density at radius 1 is 1.41 bits per heavy atom. The number of benzene rings is 1. The summed E-state index contributed by atoms with van der Waals surface area (Å²) >= 11 is 1.60. The minimum absolute atomic E-state index is 0.0722. The van der Waals surface area contributed by atoms with E-state index >= 15 is 0 Å². The fourth-order valence-electron chi connectivity index (χ4n) is 1.70. The van der Waals surface area contributed by atoms with Crippen LogP contribution >= 0.6 is 11.3 Å². The van der Waals surface area contributed by atoms with Crippen LogP contribution in [0, 0.1) is 5.82 Å². The second kappa shape index (κ2) is 5.86. The van der Waals surface area contributed by atoms with Gasteiger partial charge in [0, 0.05) is 24.0 Å². The van der Waals surface area contributed by atoms with Gasteiger partial charge in [0.1, 0.15) is 5.82 Å². The van der Waals surface area contributed by atoms with Crippen molar-refractivity contribution in [3.63, 3.8) is 0 Å². The van der Waals surface area contributed by atoms with Gasteiger partial charge in [0.2, 0.25) is 0 Å². The van der Waals surface area contributed by atoms with Crippen LogP contribution in [0.1, 0.15) is 10.6 Å². The molecule has 0 spiro atoms. The molecule has 0 aliphatic heterocycles. The molecule has 0 fully saturated rings. The topological polar surface area (TPSA) is 50.9 Å². The monoisotopic (exact) mass is 251 g/mol. The normalized spacial score (nSPS) is 12.6. The molecule has 0 saturated carbocycles. The zero-order valence-corrected chi connectivity index (χ0v) is 10.1. The summed E-state index contributed by atoms with van der Waals surface area (Å²) in [5.74, 6) is 5.29. The Kier molecular flexibility index (Phi) is 4.19. The van der Waals surface area contributed by atoms with Gasteiger partial charge in [-0.2, -0.15) is 0 Å². The van der Waals surface area contributed by atoms with E-state index in [2.05, 4.69) is 10.4 Å². The van der Waals surface area contributed by atoms with Gasteiger partial charge in [0.25, 0.3) is 0 Å². The van der Waals surface area contributed by atoms with E-state index in [0.29, 0.717) is 6.42 Å². The number of nitrogens with zero attached hydrogens (tertiary/aromatic N) is 1. The fourth-order valence-corrected chi connectivity index (χ4v) is 2.40. The lowest BCUT2D eigenvalue weighted by molar-refractivity contribution is 0.519. The van der Waals surface area contributed by atoms with Crippen molar-refractivity contribution >= 4 is 11.3 Å². The number of hydrogen-bond acceptors (Lipinski definition) is 4. The fraction of sp³-hybridized carbons (Fsp3) is 0.250. The van der Waals surface area contributed by atoms with Gasteiger partial charge < -0.3 is 0 Å². The van der Waals surface area contributed by atoms with E-state index in [0.717, 1.165) is 17.0 Å². The highest BCUT2D eigenvalue weighted by Gasteiger charge is 2.10. The quantitative estimate of drug-likeness (QED) is 0.630. The number of aromatic nitrogens is 1. The minimum Gasteiger partial charge on any atom is -0.271 e. The Bertz CT molecular complexity index is 459. The lowest BCUT2D eigenvalue weighted by atomic mass is 10.0. The number of halogens is 1. The molecular formula is C12H14FN3S. The maximum Gasteiger partial charge on any atom is 0.123 e. The highest BCUT2D eigenvalue weighted by atomic mass is 32.1. The number of hydrazine groups is 1. The second-order valence-electron chi connectivity index (χ2n) is 3.83. The molecule has 0 amide bonds. The Hall–Kier alpha value is -1.30. The van der Waals surface area contributed by atoms with Gasteiger partial charge in [0.15, 0.2) is 0 Å². The van der Waals surface area contributed by atoms with Crippen LogP contribution in [0.25, 0.3) is 0 Å². The first kappa shape index (κ1) is 12.2. The van der Waals surface area contributed by atoms with Crippen molar-refractivity contribution in [3.05, 3.63) is 52.2 Å². The molecule has 5 heteroatoms. The van der Waals surface area contributed by atoms with E-state index < -0.39 is 0 Å². The Morgan fingerprint density at radius 3 is 2.94 bits per heavy atom. The molecule has 3 N–H and O–H groups in total. The van der Waals surface area contributed by atoms with E-state index in [4.69, 9.17) is 5.84 Å². The summed E-state index contributed by atoms with van der Waals surface area (Å²) in [6.45, 7) is 0. The molecule has 2 rings (SSSR count). The summed E-state index contributed by atoms with van der Waals surface area (Å²) in [4.78, 5) is 4.21. The second-order valence-corrected chi connectivity index (χ2v) is 4.81. The third kappa shape index (κ3) is 3.59. The highest BCUT2D eigenvalue weighted by molar-refractivity contribution is 7.09. The van der Waals surface area contributed by atoms with Crippen LogP contribution < -0.4 is 11.3 Å². The molecule has 0 aliphatic carbocycles. The third-order valence-corrected chi connectivity index (χ3v) is 3.31. The lowest BCUT2D eigenvalue weighted by Gasteiger charge is -2.14. The predicted molar refractivity (Wildman–Crippen MR) is 67.0 cm³/mol. The smallest absolute Gasteiger partial charge is 0.123 e. The Morgan fingerprint density at radius 2 is 2.29 bits per heavy atom. The minimum atomic E-state index is -0.215. The van der Waals surface area contributed by atoms with E-state index in [1.165, 1.54) is 12.1 Å². The largest absolute Gasteiger partial charge is 0.271 e. The van der Waals surface area contributed by atoms with Gasteiger partial charge in [-0.3, -0.25) is 11.3 Å². The van der Waals surface area contributed by atoms with Crippen molar-refractivity contribution < 1.29 is 4.39 Å². The highest BCUT2D eigenvalue weighted by Crippen LogP contribution is 2.11. The standard InChI is InChI=1S/C12H14FN3S/c13-10-3-1-2-9(6-10)7-11(16-14)8-12-15-4-5-17-12/h1-6,11,16H,7-8,14H2. The van der Waals surface area contributed by atoms with Crippen molar-refractivity contribution in [1.29, 1.82) is 0 Å². The molecule has 1 unspecified atom stereocenters. The van der Waals surface area contributed by atoms with Gasteiger partial charge in [0.05, 0.1) is 5.01 Å². The van der Waals surface area contributed by atoms with E-state index in [1.807, 2.05) is 11.4 Å². The third-order valence-electron chi connectivity index (χ3n) is 2.51. The zero-order chi connectivity index (χ0) is 12.1. The molecular weight excluding hydrogens is 237 g/mol. The summed E-state index contributed by atoms with van der Waals surface area (Å²) in [5.41, 5.74) is 3.69. The molecule has 0 saturated heterocycles. The number of nitrogens with two attached hydrogens (primary N) is 1. The van der Waals surface area contributed by atoms with E-state index in [-0.39, 0.29) is 11.9 Å². The van der Waals surface area contributed by atoms with Crippen LogP contribution in [0.15, 0.2) is 35.8 Å². The molecule has 1 aromatic heterocycles. The van der Waals surface area contributed by atoms with Crippen LogP contribution in [-0.4, -0.2) is 11.0 Å². The van der Waals surface area contributed by atoms with Crippen molar-refractivity contribution in [2.45, 2.75) is 18.9 Å². The first-order chi connectivity index (χ1) is 8.28. The number of thiazole rings is 1. The zero-order valence-electron chi connectivity index (χ0n) is 9.27. The molecule has 2 aromatic rings. The summed E-state index contributed by atoms with van der Waals surface area (Å²) in [7, 11) is 0. The summed E-state index contributed by atoms with van der Waals surface area (Å²) in [6, 6.07) is 6.65. The maximum absolute atomic E-state index is 13.0. The maximum atomic E-state index is 13.0. The van der Waals surface area contributed by atoms with Crippen molar-refractivity contribution in [2.24, 2.45) is 5.84 Å². The SMILES string of the molecule is NNC(Cc1cccc(F)c1)Cc1nccs1. The van der Waals surface area contributed by atoms with Gasteiger partial charge in [-0.05, 0) is 24.1 Å². The Labute approximate surface area is 103 Å². The summed E-state index contributed by atoms with van der Waals surface area (Å²) in [5, 5.41) is 2.97. The molecule has 3 nitrogen and oxygen atoms in total. The van der Waals surface area contributed by atoms with E-state index in [1.54, 1.807) is 23.6 Å². The van der Waals surface area contributed by atoms with Gasteiger partial charge in [-0.1, -0.05) is 12.1 Å². The molecule has 1 atom stereocenters. The van der Waals surface area contributed by atoms with Crippen LogP contribution in [0.3, 0.4) is 0 Å². The lowest BCUT2D eigenvalue weighted by Crippen LogP contribution is -2.38. The van der Waals surface area contributed by atoms with Crippen molar-refractivity contribution in [2.75, 3.05) is 0 Å². The van der Waals surface area contributed by atoms with Crippen LogP contribution in [0.2, 0.25) is 0 Å². The molecule has 90 valence electrons. The first-order valence-electron chi connectivity index (χ1n) is 5.37. The molecule has 0 bridgehead atoms. The summed E-state index contributed by atoms with van der Waals surface area (Å²) < 4.78 is 13.0. The molecule has 0 aliphatic rings. The number of hydrogen-bond donors (Lipinski definition) is 2. The van der Waals surface area contributed by atoms with Crippen molar-refractivity contribution in [1.82, 2.24) is 10.4 Å². The van der Waals surface area contributed by atoms with Crippen molar-refractivity contribution in [3.8, 4) is 0 Å². The average Bonchev–Trinajstić information content (AvgIpc) is 2.81. The van der Waals surface area contributed by atoms with Crippen LogP contribution in [0.5, 0.6) is 0 Å².